The smallest absolute Gasteiger partial charge is 0.229 e. The Morgan fingerprint density at radius 1 is 1.72 bits per heavy atom. The van der Waals surface area contributed by atoms with Crippen LogP contribution < -0.4 is 5.32 Å². The van der Waals surface area contributed by atoms with Gasteiger partial charge in [-0.05, 0) is 18.6 Å². The van der Waals surface area contributed by atoms with Crippen molar-refractivity contribution in [2.75, 3.05) is 19.6 Å². The van der Waals surface area contributed by atoms with Crippen LogP contribution in [0.3, 0.4) is 0 Å². The van der Waals surface area contributed by atoms with E-state index in [-0.39, 0.29) is 18.4 Å². The van der Waals surface area contributed by atoms with Crippen LogP contribution in [0.1, 0.15) is 11.3 Å². The number of pyridine rings is 1. The van der Waals surface area contributed by atoms with Crippen molar-refractivity contribution in [3.8, 4) is 6.07 Å². The molecule has 0 aromatic carbocycles. The molecular formula is C13H16N4O. The first-order valence-corrected chi connectivity index (χ1v) is 6.02. The maximum absolute atomic E-state index is 12.2. The second-order valence-electron chi connectivity index (χ2n) is 4.38. The van der Waals surface area contributed by atoms with Crippen LogP contribution in [-0.4, -0.2) is 41.5 Å². The van der Waals surface area contributed by atoms with E-state index in [9.17, 15) is 4.79 Å². The molecule has 0 aliphatic carbocycles. The summed E-state index contributed by atoms with van der Waals surface area (Å²) in [6.07, 6.45) is 1.96. The fraction of sp³-hybridized carbons (Fsp3) is 0.462. The van der Waals surface area contributed by atoms with Gasteiger partial charge in [0.1, 0.15) is 6.04 Å². The van der Waals surface area contributed by atoms with Crippen LogP contribution in [0, 0.1) is 18.3 Å². The number of carbonyl (C=O) groups excluding carboxylic acids is 1. The normalized spacial score (nSPS) is 19.3. The minimum Gasteiger partial charge on any atom is -0.324 e. The molecule has 1 aromatic rings. The quantitative estimate of drug-likeness (QED) is 0.810. The lowest BCUT2D eigenvalue weighted by Gasteiger charge is -2.32. The minimum absolute atomic E-state index is 0.0233. The molecule has 0 saturated carbocycles. The molecule has 1 aromatic heterocycles. The number of aromatic nitrogens is 1. The van der Waals surface area contributed by atoms with Gasteiger partial charge < -0.3 is 10.2 Å². The summed E-state index contributed by atoms with van der Waals surface area (Å²) < 4.78 is 0. The van der Waals surface area contributed by atoms with E-state index < -0.39 is 0 Å². The molecule has 1 unspecified atom stereocenters. The Morgan fingerprint density at radius 2 is 2.56 bits per heavy atom. The highest BCUT2D eigenvalue weighted by Gasteiger charge is 2.26. The number of hydrogen-bond acceptors (Lipinski definition) is 4. The second-order valence-corrected chi connectivity index (χ2v) is 4.38. The zero-order chi connectivity index (χ0) is 13.0. The van der Waals surface area contributed by atoms with Crippen molar-refractivity contribution in [2.24, 2.45) is 0 Å². The second kappa shape index (κ2) is 5.61. The first-order chi connectivity index (χ1) is 8.72. The van der Waals surface area contributed by atoms with Crippen LogP contribution in [0.2, 0.25) is 0 Å². The molecule has 0 bridgehead atoms. The van der Waals surface area contributed by atoms with E-state index in [1.807, 2.05) is 19.1 Å². The Balaban J connectivity index is 2.08. The number of nitrogens with zero attached hydrogens (tertiary/aromatic N) is 3. The van der Waals surface area contributed by atoms with Gasteiger partial charge in [0.15, 0.2) is 0 Å². The molecule has 5 heteroatoms. The highest BCUT2D eigenvalue weighted by molar-refractivity contribution is 5.79. The number of nitriles is 1. The molecule has 1 aliphatic rings. The van der Waals surface area contributed by atoms with Gasteiger partial charge in [-0.25, -0.2) is 0 Å². The summed E-state index contributed by atoms with van der Waals surface area (Å²) in [6, 6.07) is 5.58. The Hall–Kier alpha value is -1.93. The standard InChI is InChI=1S/C13H16N4O/c1-10-3-2-4-16-12(10)7-13(18)17-6-5-15-9-11(17)8-14/h2-4,11,15H,5-7,9H2,1H3. The van der Waals surface area contributed by atoms with E-state index in [1.165, 1.54) is 0 Å². The third-order valence-corrected chi connectivity index (χ3v) is 3.15. The number of aryl methyl sites for hydroxylation is 1. The van der Waals surface area contributed by atoms with Crippen molar-refractivity contribution >= 4 is 5.91 Å². The largest absolute Gasteiger partial charge is 0.324 e. The van der Waals surface area contributed by atoms with Gasteiger partial charge in [-0.2, -0.15) is 5.26 Å². The maximum atomic E-state index is 12.2. The summed E-state index contributed by atoms with van der Waals surface area (Å²) in [5, 5.41) is 12.1. The van der Waals surface area contributed by atoms with Crippen molar-refractivity contribution < 1.29 is 4.79 Å². The van der Waals surface area contributed by atoms with Crippen molar-refractivity contribution in [2.45, 2.75) is 19.4 Å². The van der Waals surface area contributed by atoms with Gasteiger partial charge in [-0.15, -0.1) is 0 Å². The number of carbonyl (C=O) groups is 1. The van der Waals surface area contributed by atoms with E-state index in [1.54, 1.807) is 11.1 Å². The summed E-state index contributed by atoms with van der Waals surface area (Å²) in [5.74, 6) is -0.0233. The van der Waals surface area contributed by atoms with Crippen molar-refractivity contribution in [3.05, 3.63) is 29.6 Å². The van der Waals surface area contributed by atoms with Crippen molar-refractivity contribution in [1.82, 2.24) is 15.2 Å². The Bertz CT molecular complexity index is 480. The van der Waals surface area contributed by atoms with Crippen LogP contribution in [0.4, 0.5) is 0 Å². The van der Waals surface area contributed by atoms with Gasteiger partial charge in [0.25, 0.3) is 0 Å². The first kappa shape index (κ1) is 12.5. The molecule has 1 saturated heterocycles. The molecule has 1 N–H and O–H groups in total. The zero-order valence-electron chi connectivity index (χ0n) is 10.4. The third kappa shape index (κ3) is 2.66. The molecule has 94 valence electrons. The number of nitrogens with one attached hydrogen (secondary N) is 1. The fourth-order valence-corrected chi connectivity index (χ4v) is 2.07. The predicted octanol–water partition coefficient (Wildman–Crippen LogP) is 0.257. The highest BCUT2D eigenvalue weighted by Crippen LogP contribution is 2.09. The number of rotatable bonds is 2. The SMILES string of the molecule is Cc1cccnc1CC(=O)N1CCNCC1C#N. The minimum atomic E-state index is -0.365. The highest BCUT2D eigenvalue weighted by atomic mass is 16.2. The number of amides is 1. The molecular weight excluding hydrogens is 228 g/mol. The van der Waals surface area contributed by atoms with Gasteiger partial charge >= 0.3 is 0 Å². The van der Waals surface area contributed by atoms with E-state index >= 15 is 0 Å². The summed E-state index contributed by atoms with van der Waals surface area (Å²) >= 11 is 0. The van der Waals surface area contributed by atoms with Gasteiger partial charge in [0.05, 0.1) is 18.2 Å². The average molecular weight is 244 g/mol. The molecule has 1 atom stereocenters. The van der Waals surface area contributed by atoms with E-state index in [0.29, 0.717) is 13.1 Å². The molecule has 2 heterocycles. The van der Waals surface area contributed by atoms with Crippen molar-refractivity contribution in [1.29, 1.82) is 5.26 Å². The summed E-state index contributed by atoms with van der Waals surface area (Å²) in [7, 11) is 0. The van der Waals surface area contributed by atoms with Gasteiger partial charge in [0.2, 0.25) is 5.91 Å². The summed E-state index contributed by atoms with van der Waals surface area (Å²) in [5.41, 5.74) is 1.80. The molecule has 5 nitrogen and oxygen atoms in total. The molecule has 1 fully saturated rings. The van der Waals surface area contributed by atoms with Crippen LogP contribution in [0.5, 0.6) is 0 Å². The molecule has 1 amide bonds. The Morgan fingerprint density at radius 3 is 3.28 bits per heavy atom. The molecule has 1 aliphatic heterocycles. The Kier molecular flexibility index (Phi) is 3.90. The van der Waals surface area contributed by atoms with Gasteiger partial charge in [-0.1, -0.05) is 6.07 Å². The molecule has 0 spiro atoms. The topological polar surface area (TPSA) is 69.0 Å². The zero-order valence-corrected chi connectivity index (χ0v) is 10.4. The van der Waals surface area contributed by atoms with Gasteiger partial charge in [0, 0.05) is 25.8 Å². The van der Waals surface area contributed by atoms with E-state index in [0.717, 1.165) is 17.8 Å². The fourth-order valence-electron chi connectivity index (χ4n) is 2.07. The number of piperazine rings is 1. The van der Waals surface area contributed by atoms with Crippen LogP contribution in [0.25, 0.3) is 0 Å². The number of hydrogen-bond donors (Lipinski definition) is 1. The van der Waals surface area contributed by atoms with E-state index in [2.05, 4.69) is 16.4 Å². The van der Waals surface area contributed by atoms with Crippen LogP contribution in [0.15, 0.2) is 18.3 Å². The molecule has 0 radical (unpaired) electrons. The molecule has 2 rings (SSSR count). The van der Waals surface area contributed by atoms with Crippen LogP contribution in [-0.2, 0) is 11.2 Å². The molecule has 18 heavy (non-hydrogen) atoms. The van der Waals surface area contributed by atoms with Gasteiger partial charge in [-0.3, -0.25) is 9.78 Å². The van der Waals surface area contributed by atoms with Crippen LogP contribution >= 0.6 is 0 Å². The lowest BCUT2D eigenvalue weighted by molar-refractivity contribution is -0.132. The Labute approximate surface area is 106 Å². The third-order valence-electron chi connectivity index (χ3n) is 3.15. The average Bonchev–Trinajstić information content (AvgIpc) is 2.41. The first-order valence-electron chi connectivity index (χ1n) is 6.02. The van der Waals surface area contributed by atoms with E-state index in [4.69, 9.17) is 5.26 Å². The lowest BCUT2D eigenvalue weighted by atomic mass is 10.1. The monoisotopic (exact) mass is 244 g/mol. The van der Waals surface area contributed by atoms with Crippen molar-refractivity contribution in [3.63, 3.8) is 0 Å². The lowest BCUT2D eigenvalue weighted by Crippen LogP contribution is -2.53. The summed E-state index contributed by atoms with van der Waals surface area (Å²) in [6.45, 7) is 3.81. The maximum Gasteiger partial charge on any atom is 0.229 e. The predicted molar refractivity (Wildman–Crippen MR) is 66.7 cm³/mol. The summed E-state index contributed by atoms with van der Waals surface area (Å²) in [4.78, 5) is 18.1.